The Morgan fingerprint density at radius 2 is 1.96 bits per heavy atom. The van der Waals surface area contributed by atoms with Crippen molar-refractivity contribution in [3.63, 3.8) is 0 Å². The number of rotatable bonds is 3. The van der Waals surface area contributed by atoms with Gasteiger partial charge in [0, 0.05) is 25.6 Å². The van der Waals surface area contributed by atoms with Crippen LogP contribution in [0.15, 0.2) is 24.3 Å². The van der Waals surface area contributed by atoms with E-state index in [2.05, 4.69) is 0 Å². The number of carbonyl (C=O) groups excluding carboxylic acids is 1. The molecule has 2 rings (SSSR count). The molecule has 1 aliphatic rings. The Labute approximate surface area is 138 Å². The summed E-state index contributed by atoms with van der Waals surface area (Å²) in [6, 6.07) is 7.84. The van der Waals surface area contributed by atoms with Crippen molar-refractivity contribution in [2.24, 2.45) is 5.92 Å². The van der Waals surface area contributed by atoms with Gasteiger partial charge < -0.3 is 19.5 Å². The fraction of sp³-hybridized carbons (Fsp3) is 0.611. The molecule has 0 aliphatic carbocycles. The Kier molecular flexibility index (Phi) is 5.52. The lowest BCUT2D eigenvalue weighted by molar-refractivity contribution is 0.0122. The molecule has 5 nitrogen and oxygen atoms in total. The molecule has 23 heavy (non-hydrogen) atoms. The maximum Gasteiger partial charge on any atom is 0.410 e. The van der Waals surface area contributed by atoms with Gasteiger partial charge in [-0.2, -0.15) is 0 Å². The van der Waals surface area contributed by atoms with Crippen molar-refractivity contribution >= 4 is 6.09 Å². The summed E-state index contributed by atoms with van der Waals surface area (Å²) in [5, 5.41) is 9.68. The fourth-order valence-corrected chi connectivity index (χ4v) is 2.94. The maximum atomic E-state index is 12.3. The highest BCUT2D eigenvalue weighted by Gasteiger charge is 2.34. The average molecular weight is 321 g/mol. The summed E-state index contributed by atoms with van der Waals surface area (Å²) >= 11 is 0. The quantitative estimate of drug-likeness (QED) is 0.929. The third-order valence-corrected chi connectivity index (χ3v) is 4.19. The van der Waals surface area contributed by atoms with Crippen molar-refractivity contribution in [1.82, 2.24) is 4.90 Å². The highest BCUT2D eigenvalue weighted by atomic mass is 16.6. The number of methoxy groups -OCH3 is 1. The molecule has 1 heterocycles. The van der Waals surface area contributed by atoms with Gasteiger partial charge >= 0.3 is 6.09 Å². The summed E-state index contributed by atoms with van der Waals surface area (Å²) in [6.07, 6.45) is 0.485. The molecule has 0 spiro atoms. The van der Waals surface area contributed by atoms with Gasteiger partial charge in [0.05, 0.1) is 7.11 Å². The minimum atomic E-state index is -0.499. The number of carbonyl (C=O) groups is 1. The van der Waals surface area contributed by atoms with Crippen LogP contribution in [0.4, 0.5) is 4.79 Å². The van der Waals surface area contributed by atoms with Gasteiger partial charge in [0.1, 0.15) is 11.4 Å². The van der Waals surface area contributed by atoms with E-state index in [1.165, 1.54) is 0 Å². The molecule has 1 aromatic carbocycles. The maximum absolute atomic E-state index is 12.3. The van der Waals surface area contributed by atoms with Crippen molar-refractivity contribution < 1.29 is 19.4 Å². The molecular formula is C18H27NO4. The molecule has 1 saturated heterocycles. The molecule has 2 atom stereocenters. The molecule has 1 fully saturated rings. The van der Waals surface area contributed by atoms with Gasteiger partial charge in [-0.15, -0.1) is 0 Å². The minimum Gasteiger partial charge on any atom is -0.497 e. The van der Waals surface area contributed by atoms with Gasteiger partial charge in [0.25, 0.3) is 0 Å². The lowest BCUT2D eigenvalue weighted by Crippen LogP contribution is -2.45. The van der Waals surface area contributed by atoms with E-state index < -0.39 is 5.60 Å². The number of benzene rings is 1. The Balaban J connectivity index is 2.13. The van der Waals surface area contributed by atoms with Gasteiger partial charge in [-0.3, -0.25) is 0 Å². The standard InChI is InChI=1S/C18H27NO4/c1-18(2,3)23-17(21)19-10-9-14(12-20)16(11-19)13-5-7-15(22-4)8-6-13/h5-8,14,16,20H,9-12H2,1-4H3. The number of amides is 1. The molecule has 5 heteroatoms. The molecule has 0 aromatic heterocycles. The van der Waals surface area contributed by atoms with Crippen molar-refractivity contribution in [2.45, 2.75) is 38.7 Å². The Morgan fingerprint density at radius 1 is 1.30 bits per heavy atom. The van der Waals surface area contributed by atoms with Crippen LogP contribution in [-0.4, -0.2) is 48.5 Å². The second-order valence-corrected chi connectivity index (χ2v) is 7.04. The van der Waals surface area contributed by atoms with Gasteiger partial charge in [0.15, 0.2) is 0 Å². The number of ether oxygens (including phenoxy) is 2. The first kappa shape index (κ1) is 17.6. The van der Waals surface area contributed by atoms with Gasteiger partial charge in [-0.1, -0.05) is 12.1 Å². The van der Waals surface area contributed by atoms with Crippen LogP contribution in [0.3, 0.4) is 0 Å². The number of aliphatic hydroxyl groups excluding tert-OH is 1. The summed E-state index contributed by atoms with van der Waals surface area (Å²) in [5.74, 6) is 1.06. The molecule has 2 unspecified atom stereocenters. The normalized spacial score (nSPS) is 21.9. The van der Waals surface area contributed by atoms with Crippen LogP contribution in [0.5, 0.6) is 5.75 Å². The van der Waals surface area contributed by atoms with Gasteiger partial charge in [-0.05, 0) is 50.8 Å². The zero-order valence-electron chi connectivity index (χ0n) is 14.4. The predicted octanol–water partition coefficient (Wildman–Crippen LogP) is 3.03. The van der Waals surface area contributed by atoms with E-state index in [4.69, 9.17) is 9.47 Å². The third kappa shape index (κ3) is 4.61. The highest BCUT2D eigenvalue weighted by molar-refractivity contribution is 5.68. The number of piperidine rings is 1. The van der Waals surface area contributed by atoms with E-state index in [1.54, 1.807) is 12.0 Å². The van der Waals surface area contributed by atoms with Crippen LogP contribution < -0.4 is 4.74 Å². The minimum absolute atomic E-state index is 0.104. The lowest BCUT2D eigenvalue weighted by atomic mass is 9.81. The van der Waals surface area contributed by atoms with E-state index in [0.717, 1.165) is 17.7 Å². The lowest BCUT2D eigenvalue weighted by Gasteiger charge is -2.38. The summed E-state index contributed by atoms with van der Waals surface area (Å²) < 4.78 is 10.7. The van der Waals surface area contributed by atoms with Crippen LogP contribution in [0.25, 0.3) is 0 Å². The average Bonchev–Trinajstić information content (AvgIpc) is 2.52. The Morgan fingerprint density at radius 3 is 2.48 bits per heavy atom. The highest BCUT2D eigenvalue weighted by Crippen LogP contribution is 2.33. The number of nitrogens with zero attached hydrogens (tertiary/aromatic N) is 1. The number of hydrogen-bond acceptors (Lipinski definition) is 4. The Bertz CT molecular complexity index is 521. The summed E-state index contributed by atoms with van der Waals surface area (Å²) in [7, 11) is 1.64. The number of hydrogen-bond donors (Lipinski definition) is 1. The molecule has 1 amide bonds. The first-order valence-corrected chi connectivity index (χ1v) is 8.07. The second kappa shape index (κ2) is 7.21. The second-order valence-electron chi connectivity index (χ2n) is 7.04. The van der Waals surface area contributed by atoms with E-state index >= 15 is 0 Å². The molecule has 0 saturated carbocycles. The molecular weight excluding hydrogens is 294 g/mol. The van der Waals surface area contributed by atoms with Crippen LogP contribution in [0.1, 0.15) is 38.7 Å². The van der Waals surface area contributed by atoms with Crippen LogP contribution >= 0.6 is 0 Å². The van der Waals surface area contributed by atoms with E-state index in [0.29, 0.717) is 13.1 Å². The van der Waals surface area contributed by atoms with Crippen molar-refractivity contribution in [2.75, 3.05) is 26.8 Å². The number of likely N-dealkylation sites (tertiary alicyclic amines) is 1. The zero-order valence-corrected chi connectivity index (χ0v) is 14.4. The number of aliphatic hydroxyl groups is 1. The molecule has 1 N–H and O–H groups in total. The summed E-state index contributed by atoms with van der Waals surface area (Å²) in [5.41, 5.74) is 0.610. The molecule has 0 bridgehead atoms. The van der Waals surface area contributed by atoms with Crippen LogP contribution in [-0.2, 0) is 4.74 Å². The molecule has 0 radical (unpaired) electrons. The smallest absolute Gasteiger partial charge is 0.410 e. The predicted molar refractivity (Wildman–Crippen MR) is 88.7 cm³/mol. The van der Waals surface area contributed by atoms with Crippen molar-refractivity contribution in [1.29, 1.82) is 0 Å². The Hall–Kier alpha value is -1.75. The molecule has 128 valence electrons. The zero-order chi connectivity index (χ0) is 17.0. The largest absolute Gasteiger partial charge is 0.497 e. The molecule has 1 aromatic rings. The topological polar surface area (TPSA) is 59.0 Å². The summed E-state index contributed by atoms with van der Waals surface area (Å²) in [6.45, 7) is 6.91. The first-order valence-electron chi connectivity index (χ1n) is 8.07. The summed E-state index contributed by atoms with van der Waals surface area (Å²) in [4.78, 5) is 14.0. The van der Waals surface area contributed by atoms with Gasteiger partial charge in [-0.25, -0.2) is 4.79 Å². The van der Waals surface area contributed by atoms with E-state index in [-0.39, 0.29) is 24.5 Å². The fourth-order valence-electron chi connectivity index (χ4n) is 2.94. The van der Waals surface area contributed by atoms with Crippen LogP contribution in [0.2, 0.25) is 0 Å². The van der Waals surface area contributed by atoms with E-state index in [9.17, 15) is 9.90 Å². The van der Waals surface area contributed by atoms with Crippen molar-refractivity contribution in [3.05, 3.63) is 29.8 Å². The third-order valence-electron chi connectivity index (χ3n) is 4.19. The first-order chi connectivity index (χ1) is 10.8. The SMILES string of the molecule is COc1ccc(C2CN(C(=O)OC(C)(C)C)CCC2CO)cc1. The molecule has 1 aliphatic heterocycles. The van der Waals surface area contributed by atoms with Gasteiger partial charge in [0.2, 0.25) is 0 Å². The monoisotopic (exact) mass is 321 g/mol. The van der Waals surface area contributed by atoms with E-state index in [1.807, 2.05) is 45.0 Å². The van der Waals surface area contributed by atoms with Crippen LogP contribution in [0, 0.1) is 5.92 Å². The van der Waals surface area contributed by atoms with Crippen molar-refractivity contribution in [3.8, 4) is 5.75 Å².